The average Bonchev–Trinajstić information content (AvgIpc) is 2.87. The lowest BCUT2D eigenvalue weighted by Gasteiger charge is -1.99. The first-order valence-corrected chi connectivity index (χ1v) is 6.20. The Morgan fingerprint density at radius 3 is 3.12 bits per heavy atom. The Balaban J connectivity index is 1.81. The van der Waals surface area contributed by atoms with Gasteiger partial charge in [-0.1, -0.05) is 6.92 Å². The maximum Gasteiger partial charge on any atom is 0.228 e. The number of hydrogen-bond acceptors (Lipinski definition) is 3. The van der Waals surface area contributed by atoms with Gasteiger partial charge in [0, 0.05) is 18.3 Å². The number of pyridine rings is 1. The molecule has 1 aliphatic carbocycles. The number of rotatable bonds is 2. The standard InChI is InChI=1S/C12H12N2OS/c1-7-4-9(7)12(15)14-11-5-8-2-3-13-6-10(8)16-11/h2-3,5-7,9H,4H2,1H3,(H,14,15)/t7-,9-/m1/s1. The Morgan fingerprint density at radius 1 is 1.62 bits per heavy atom. The molecule has 0 aliphatic heterocycles. The molecule has 4 heteroatoms. The zero-order chi connectivity index (χ0) is 11.1. The fourth-order valence-corrected chi connectivity index (χ4v) is 2.78. The summed E-state index contributed by atoms with van der Waals surface area (Å²) >= 11 is 1.58. The van der Waals surface area contributed by atoms with Crippen LogP contribution in [0, 0.1) is 11.8 Å². The van der Waals surface area contributed by atoms with E-state index in [-0.39, 0.29) is 11.8 Å². The Bertz CT molecular complexity index is 516. The van der Waals surface area contributed by atoms with E-state index >= 15 is 0 Å². The molecule has 0 saturated heterocycles. The number of aromatic nitrogens is 1. The van der Waals surface area contributed by atoms with Gasteiger partial charge in [0.15, 0.2) is 0 Å². The van der Waals surface area contributed by atoms with Crippen molar-refractivity contribution in [1.82, 2.24) is 4.98 Å². The molecule has 2 heterocycles. The van der Waals surface area contributed by atoms with Crippen LogP contribution >= 0.6 is 11.3 Å². The molecule has 16 heavy (non-hydrogen) atoms. The summed E-state index contributed by atoms with van der Waals surface area (Å²) in [6, 6.07) is 3.97. The van der Waals surface area contributed by atoms with Gasteiger partial charge in [0.05, 0.1) is 9.70 Å². The number of carbonyl (C=O) groups is 1. The van der Waals surface area contributed by atoms with Crippen molar-refractivity contribution in [3.8, 4) is 0 Å². The third-order valence-electron chi connectivity index (χ3n) is 3.02. The Morgan fingerprint density at radius 2 is 2.44 bits per heavy atom. The summed E-state index contributed by atoms with van der Waals surface area (Å²) in [5, 5.41) is 5.04. The number of nitrogens with one attached hydrogen (secondary N) is 1. The van der Waals surface area contributed by atoms with E-state index in [0.29, 0.717) is 5.92 Å². The molecule has 2 aromatic rings. The Hall–Kier alpha value is -1.42. The minimum absolute atomic E-state index is 0.159. The molecule has 1 fully saturated rings. The normalized spacial score (nSPS) is 23.3. The van der Waals surface area contributed by atoms with Crippen LogP contribution in [0.1, 0.15) is 13.3 Å². The van der Waals surface area contributed by atoms with E-state index in [1.807, 2.05) is 18.3 Å². The Kier molecular flexibility index (Phi) is 2.17. The molecule has 1 saturated carbocycles. The van der Waals surface area contributed by atoms with Gasteiger partial charge < -0.3 is 5.32 Å². The number of fused-ring (bicyclic) bond motifs is 1. The highest BCUT2D eigenvalue weighted by atomic mass is 32.1. The number of amides is 1. The van der Waals surface area contributed by atoms with Crippen molar-refractivity contribution in [2.75, 3.05) is 5.32 Å². The summed E-state index contributed by atoms with van der Waals surface area (Å²) in [7, 11) is 0. The van der Waals surface area contributed by atoms with Crippen molar-refractivity contribution in [2.45, 2.75) is 13.3 Å². The zero-order valence-electron chi connectivity index (χ0n) is 8.93. The smallest absolute Gasteiger partial charge is 0.228 e. The van der Waals surface area contributed by atoms with Crippen LogP contribution in [0.2, 0.25) is 0 Å². The van der Waals surface area contributed by atoms with E-state index < -0.39 is 0 Å². The van der Waals surface area contributed by atoms with E-state index in [0.717, 1.165) is 21.5 Å². The Labute approximate surface area is 97.5 Å². The number of hydrogen-bond donors (Lipinski definition) is 1. The van der Waals surface area contributed by atoms with Crippen molar-refractivity contribution in [2.24, 2.45) is 11.8 Å². The molecule has 2 aromatic heterocycles. The van der Waals surface area contributed by atoms with E-state index in [1.54, 1.807) is 17.5 Å². The van der Waals surface area contributed by atoms with Gasteiger partial charge in [-0.05, 0) is 29.9 Å². The molecular formula is C12H12N2OS. The summed E-state index contributed by atoms with van der Waals surface area (Å²) < 4.78 is 1.11. The van der Waals surface area contributed by atoms with Gasteiger partial charge in [-0.3, -0.25) is 9.78 Å². The van der Waals surface area contributed by atoms with Gasteiger partial charge in [0.25, 0.3) is 0 Å². The van der Waals surface area contributed by atoms with Crippen LogP contribution in [0.3, 0.4) is 0 Å². The monoisotopic (exact) mass is 232 g/mol. The molecular weight excluding hydrogens is 220 g/mol. The second-order valence-corrected chi connectivity index (χ2v) is 5.42. The van der Waals surface area contributed by atoms with Crippen molar-refractivity contribution < 1.29 is 4.79 Å². The van der Waals surface area contributed by atoms with Crippen LogP contribution < -0.4 is 5.32 Å². The summed E-state index contributed by atoms with van der Waals surface area (Å²) in [4.78, 5) is 15.8. The maximum absolute atomic E-state index is 11.7. The van der Waals surface area contributed by atoms with E-state index in [4.69, 9.17) is 0 Å². The summed E-state index contributed by atoms with van der Waals surface area (Å²) in [5.41, 5.74) is 0. The van der Waals surface area contributed by atoms with Crippen LogP contribution in [0.4, 0.5) is 5.00 Å². The van der Waals surface area contributed by atoms with Crippen LogP contribution in [0.15, 0.2) is 24.5 Å². The van der Waals surface area contributed by atoms with Crippen LogP contribution in [0.5, 0.6) is 0 Å². The molecule has 0 bridgehead atoms. The summed E-state index contributed by atoms with van der Waals surface area (Å²) in [6.45, 7) is 2.11. The SMILES string of the molecule is C[C@@H]1C[C@H]1C(=O)Nc1cc2ccncc2s1. The van der Waals surface area contributed by atoms with E-state index in [2.05, 4.69) is 17.2 Å². The molecule has 3 nitrogen and oxygen atoms in total. The molecule has 0 radical (unpaired) electrons. The largest absolute Gasteiger partial charge is 0.317 e. The second-order valence-electron chi connectivity index (χ2n) is 4.33. The quantitative estimate of drug-likeness (QED) is 0.865. The van der Waals surface area contributed by atoms with E-state index in [9.17, 15) is 4.79 Å². The van der Waals surface area contributed by atoms with Crippen LogP contribution in [0.25, 0.3) is 10.1 Å². The first-order valence-electron chi connectivity index (χ1n) is 5.38. The van der Waals surface area contributed by atoms with Gasteiger partial charge in [-0.15, -0.1) is 11.3 Å². The summed E-state index contributed by atoms with van der Waals surface area (Å²) in [6.07, 6.45) is 4.62. The molecule has 0 spiro atoms. The lowest BCUT2D eigenvalue weighted by Crippen LogP contribution is -2.13. The van der Waals surface area contributed by atoms with Gasteiger partial charge in [-0.2, -0.15) is 0 Å². The summed E-state index contributed by atoms with van der Waals surface area (Å²) in [5.74, 6) is 0.936. The van der Waals surface area contributed by atoms with E-state index in [1.165, 1.54) is 0 Å². The molecule has 3 rings (SSSR count). The topological polar surface area (TPSA) is 42.0 Å². The van der Waals surface area contributed by atoms with Crippen molar-refractivity contribution in [3.05, 3.63) is 24.5 Å². The molecule has 1 aliphatic rings. The van der Waals surface area contributed by atoms with Crippen molar-refractivity contribution in [3.63, 3.8) is 0 Å². The number of nitrogens with zero attached hydrogens (tertiary/aromatic N) is 1. The molecule has 1 amide bonds. The third-order valence-corrected chi connectivity index (χ3v) is 4.02. The minimum atomic E-state index is 0.159. The third kappa shape index (κ3) is 1.69. The fraction of sp³-hybridized carbons (Fsp3) is 0.333. The molecule has 0 unspecified atom stereocenters. The predicted octanol–water partition coefficient (Wildman–Crippen LogP) is 2.89. The van der Waals surface area contributed by atoms with Crippen LogP contribution in [-0.4, -0.2) is 10.9 Å². The molecule has 82 valence electrons. The van der Waals surface area contributed by atoms with Crippen molar-refractivity contribution >= 4 is 32.3 Å². The second kappa shape index (κ2) is 3.56. The average molecular weight is 232 g/mol. The highest BCUT2D eigenvalue weighted by molar-refractivity contribution is 7.22. The highest BCUT2D eigenvalue weighted by Crippen LogP contribution is 2.39. The van der Waals surface area contributed by atoms with Gasteiger partial charge in [0.1, 0.15) is 0 Å². The number of anilines is 1. The van der Waals surface area contributed by atoms with Gasteiger partial charge in [-0.25, -0.2) is 0 Å². The first-order chi connectivity index (χ1) is 7.74. The lowest BCUT2D eigenvalue weighted by molar-refractivity contribution is -0.117. The van der Waals surface area contributed by atoms with Crippen LogP contribution in [-0.2, 0) is 4.79 Å². The predicted molar refractivity (Wildman–Crippen MR) is 65.5 cm³/mol. The molecule has 1 N–H and O–H groups in total. The maximum atomic E-state index is 11.7. The minimum Gasteiger partial charge on any atom is -0.317 e. The van der Waals surface area contributed by atoms with Gasteiger partial charge in [0.2, 0.25) is 5.91 Å². The molecule has 2 atom stereocenters. The molecule has 0 aromatic carbocycles. The first kappa shape index (κ1) is 9.78. The zero-order valence-corrected chi connectivity index (χ0v) is 9.75. The number of carbonyl (C=O) groups excluding carboxylic acids is 1. The van der Waals surface area contributed by atoms with Crippen molar-refractivity contribution in [1.29, 1.82) is 0 Å². The number of thiophene rings is 1. The van der Waals surface area contributed by atoms with Gasteiger partial charge >= 0.3 is 0 Å². The lowest BCUT2D eigenvalue weighted by atomic mass is 10.3. The highest BCUT2D eigenvalue weighted by Gasteiger charge is 2.39. The fourth-order valence-electron chi connectivity index (χ4n) is 1.85.